The van der Waals surface area contributed by atoms with E-state index in [4.69, 9.17) is 5.73 Å². The van der Waals surface area contributed by atoms with Gasteiger partial charge in [-0.25, -0.2) is 14.1 Å². The molecular formula is C17H14F3N3O2S. The monoisotopic (exact) mass is 381 g/mol. The smallest absolute Gasteiger partial charge is 0.421 e. The Morgan fingerprint density at radius 2 is 1.88 bits per heavy atom. The molecule has 3 rings (SSSR count). The van der Waals surface area contributed by atoms with Gasteiger partial charge >= 0.3 is 12.3 Å². The Balaban J connectivity index is 1.95. The molecule has 1 heterocycles. The van der Waals surface area contributed by atoms with Gasteiger partial charge in [0.15, 0.2) is 0 Å². The van der Waals surface area contributed by atoms with Crippen LogP contribution >= 0.6 is 11.1 Å². The van der Waals surface area contributed by atoms with E-state index >= 15 is 0 Å². The molecular weight excluding hydrogens is 367 g/mol. The highest BCUT2D eigenvalue weighted by Crippen LogP contribution is 2.43. The number of thiol groups is 1. The Morgan fingerprint density at radius 1 is 1.15 bits per heavy atom. The van der Waals surface area contributed by atoms with Crippen LogP contribution < -0.4 is 10.0 Å². The summed E-state index contributed by atoms with van der Waals surface area (Å²) in [6, 6.07) is 11.1. The van der Waals surface area contributed by atoms with Gasteiger partial charge in [-0.2, -0.15) is 13.2 Å². The van der Waals surface area contributed by atoms with E-state index in [1.54, 1.807) is 29.7 Å². The van der Waals surface area contributed by atoms with Crippen LogP contribution in [-0.4, -0.2) is 16.7 Å². The van der Waals surface area contributed by atoms with Crippen LogP contribution in [0, 0.1) is 0 Å². The SMILES string of the molecule is Nc1cccc(C2=C[SH](N(C(=O)O)c3cccc(C(F)(F)F)c3)C=N2)c1. The van der Waals surface area contributed by atoms with Gasteiger partial charge in [0.2, 0.25) is 0 Å². The minimum absolute atomic E-state index is 0.0602. The summed E-state index contributed by atoms with van der Waals surface area (Å²) in [7, 11) is 0. The third kappa shape index (κ3) is 3.67. The van der Waals surface area contributed by atoms with Gasteiger partial charge in [0.25, 0.3) is 0 Å². The average molecular weight is 381 g/mol. The number of carboxylic acid groups (broad SMARTS) is 1. The lowest BCUT2D eigenvalue weighted by Gasteiger charge is -2.26. The molecule has 3 N–H and O–H groups in total. The molecule has 0 spiro atoms. The number of amides is 1. The molecule has 0 saturated heterocycles. The Kier molecular flexibility index (Phi) is 4.64. The molecule has 0 radical (unpaired) electrons. The minimum Gasteiger partial charge on any atom is -0.464 e. The van der Waals surface area contributed by atoms with E-state index in [1.807, 2.05) is 0 Å². The molecule has 1 aliphatic rings. The Hall–Kier alpha value is -2.94. The van der Waals surface area contributed by atoms with Gasteiger partial charge in [-0.3, -0.25) is 0 Å². The Labute approximate surface area is 149 Å². The fourth-order valence-corrected chi connectivity index (χ4v) is 4.01. The van der Waals surface area contributed by atoms with E-state index in [0.717, 1.165) is 16.4 Å². The first-order chi connectivity index (χ1) is 12.3. The summed E-state index contributed by atoms with van der Waals surface area (Å²) >= 11 is -1.57. The van der Waals surface area contributed by atoms with Crippen molar-refractivity contribution in [2.75, 3.05) is 10.0 Å². The molecule has 1 amide bonds. The van der Waals surface area contributed by atoms with Gasteiger partial charge in [-0.05, 0) is 30.3 Å². The summed E-state index contributed by atoms with van der Waals surface area (Å²) in [5.74, 6) is 0. The number of nitrogens with two attached hydrogens (primary N) is 1. The number of hydrogen-bond donors (Lipinski definition) is 3. The van der Waals surface area contributed by atoms with Crippen molar-refractivity contribution in [2.45, 2.75) is 6.18 Å². The molecule has 1 atom stereocenters. The van der Waals surface area contributed by atoms with E-state index in [2.05, 4.69) is 4.99 Å². The van der Waals surface area contributed by atoms with Crippen LogP contribution in [0.4, 0.5) is 29.3 Å². The van der Waals surface area contributed by atoms with E-state index in [1.165, 1.54) is 17.7 Å². The third-order valence-corrected chi connectivity index (χ3v) is 5.31. The molecule has 2 aromatic rings. The van der Waals surface area contributed by atoms with E-state index in [9.17, 15) is 23.1 Å². The second-order valence-corrected chi connectivity index (χ2v) is 7.06. The van der Waals surface area contributed by atoms with Gasteiger partial charge in [0, 0.05) is 16.7 Å². The average Bonchev–Trinajstić information content (AvgIpc) is 3.04. The van der Waals surface area contributed by atoms with Crippen molar-refractivity contribution in [3.05, 3.63) is 65.1 Å². The predicted molar refractivity (Wildman–Crippen MR) is 98.3 cm³/mol. The van der Waals surface area contributed by atoms with Crippen molar-refractivity contribution in [3.63, 3.8) is 0 Å². The molecule has 136 valence electrons. The molecule has 9 heteroatoms. The number of aliphatic imine (C=N–C) groups is 1. The van der Waals surface area contributed by atoms with Crippen molar-refractivity contribution < 1.29 is 23.1 Å². The molecule has 0 aliphatic carbocycles. The molecule has 1 aliphatic heterocycles. The highest BCUT2D eigenvalue weighted by molar-refractivity contribution is 8.32. The quantitative estimate of drug-likeness (QED) is 0.531. The summed E-state index contributed by atoms with van der Waals surface area (Å²) in [6.07, 6.45) is -5.91. The third-order valence-electron chi connectivity index (χ3n) is 3.58. The second-order valence-electron chi connectivity index (χ2n) is 5.41. The van der Waals surface area contributed by atoms with Gasteiger partial charge in [-0.1, -0.05) is 18.2 Å². The van der Waals surface area contributed by atoms with Crippen LogP contribution in [0.15, 0.2) is 58.9 Å². The maximum absolute atomic E-state index is 12.9. The van der Waals surface area contributed by atoms with Gasteiger partial charge in [-0.15, -0.1) is 11.1 Å². The van der Waals surface area contributed by atoms with Crippen LogP contribution in [0.1, 0.15) is 11.1 Å². The summed E-state index contributed by atoms with van der Waals surface area (Å²) < 4.78 is 39.7. The van der Waals surface area contributed by atoms with Crippen LogP contribution in [0.2, 0.25) is 0 Å². The number of halogens is 3. The maximum atomic E-state index is 12.9. The van der Waals surface area contributed by atoms with Crippen molar-refractivity contribution in [2.24, 2.45) is 4.99 Å². The summed E-state index contributed by atoms with van der Waals surface area (Å²) in [5.41, 5.74) is 7.96. The molecule has 0 aromatic heterocycles. The lowest BCUT2D eigenvalue weighted by Crippen LogP contribution is -2.25. The molecule has 0 saturated carbocycles. The predicted octanol–water partition coefficient (Wildman–Crippen LogP) is 4.73. The zero-order chi connectivity index (χ0) is 18.9. The Morgan fingerprint density at radius 3 is 2.54 bits per heavy atom. The molecule has 0 bridgehead atoms. The van der Waals surface area contributed by atoms with Crippen LogP contribution in [0.3, 0.4) is 0 Å². The zero-order valence-electron chi connectivity index (χ0n) is 13.2. The van der Waals surface area contributed by atoms with Crippen molar-refractivity contribution in [3.8, 4) is 0 Å². The fraction of sp³-hybridized carbons (Fsp3) is 0.0588. The highest BCUT2D eigenvalue weighted by atomic mass is 32.2. The van der Waals surface area contributed by atoms with Gasteiger partial charge in [0.1, 0.15) is 0 Å². The van der Waals surface area contributed by atoms with Crippen molar-refractivity contribution in [1.29, 1.82) is 0 Å². The number of benzene rings is 2. The highest BCUT2D eigenvalue weighted by Gasteiger charge is 2.32. The number of nitrogens with zero attached hydrogens (tertiary/aromatic N) is 2. The Bertz CT molecular complexity index is 912. The largest absolute Gasteiger partial charge is 0.464 e. The number of rotatable bonds is 3. The van der Waals surface area contributed by atoms with E-state index in [-0.39, 0.29) is 5.69 Å². The number of hydrogen-bond acceptors (Lipinski definition) is 3. The second kappa shape index (κ2) is 6.75. The van der Waals surface area contributed by atoms with E-state index < -0.39 is 28.9 Å². The number of carbonyl (C=O) groups is 1. The normalized spacial score (nSPS) is 17.8. The number of nitrogen functional groups attached to an aromatic ring is 1. The van der Waals surface area contributed by atoms with E-state index in [0.29, 0.717) is 16.9 Å². The summed E-state index contributed by atoms with van der Waals surface area (Å²) in [5, 5.41) is 11.2. The molecule has 5 nitrogen and oxygen atoms in total. The van der Waals surface area contributed by atoms with Gasteiger partial charge in [0.05, 0.1) is 22.5 Å². The van der Waals surface area contributed by atoms with Crippen LogP contribution in [-0.2, 0) is 6.18 Å². The van der Waals surface area contributed by atoms with Crippen molar-refractivity contribution >= 4 is 39.8 Å². The maximum Gasteiger partial charge on any atom is 0.421 e. The molecule has 2 aromatic carbocycles. The fourth-order valence-electron chi connectivity index (χ4n) is 2.43. The minimum atomic E-state index is -4.56. The lowest BCUT2D eigenvalue weighted by atomic mass is 10.1. The first-order valence-corrected chi connectivity index (χ1v) is 8.79. The van der Waals surface area contributed by atoms with Crippen LogP contribution in [0.5, 0.6) is 0 Å². The topological polar surface area (TPSA) is 78.9 Å². The first-order valence-electron chi connectivity index (χ1n) is 7.36. The molecule has 1 unspecified atom stereocenters. The zero-order valence-corrected chi connectivity index (χ0v) is 14.1. The number of anilines is 2. The summed E-state index contributed by atoms with van der Waals surface area (Å²) in [4.78, 5) is 15.9. The first kappa shape index (κ1) is 17.9. The van der Waals surface area contributed by atoms with Gasteiger partial charge < -0.3 is 10.8 Å². The molecule has 26 heavy (non-hydrogen) atoms. The van der Waals surface area contributed by atoms with Crippen molar-refractivity contribution in [1.82, 2.24) is 0 Å². The standard InChI is InChI=1S/C17H14F3N3O2S/c18-17(19,20)12-4-2-6-14(8-12)23(16(24)25)26-9-15(22-10-26)11-3-1-5-13(21)7-11/h1-10,26H,21H2,(H,24,25). The summed E-state index contributed by atoms with van der Waals surface area (Å²) in [6.45, 7) is 0. The number of alkyl halides is 3. The van der Waals surface area contributed by atoms with Crippen LogP contribution in [0.25, 0.3) is 5.70 Å². The lowest BCUT2D eigenvalue weighted by molar-refractivity contribution is -0.137. The molecule has 0 fully saturated rings.